The smallest absolute Gasteiger partial charge is 0.307 e. The van der Waals surface area contributed by atoms with Crippen molar-refractivity contribution < 1.29 is 24.6 Å². The van der Waals surface area contributed by atoms with E-state index in [-0.39, 0.29) is 30.3 Å². The fourth-order valence-corrected chi connectivity index (χ4v) is 4.67. The van der Waals surface area contributed by atoms with Crippen molar-refractivity contribution >= 4 is 29.0 Å². The van der Waals surface area contributed by atoms with Gasteiger partial charge in [0.15, 0.2) is 0 Å². The SMILES string of the molecule is CC(=O)Cc1ccc(-c2ccc(-c3csc(C(=O)NCc4ccc(CC(=O)O)cc4)c3)cc2)cc1O. The number of carbonyl (C=O) groups excluding carboxylic acids is 2. The lowest BCUT2D eigenvalue weighted by Gasteiger charge is -2.07. The summed E-state index contributed by atoms with van der Waals surface area (Å²) in [6.45, 7) is 1.85. The molecule has 1 aromatic heterocycles. The molecule has 0 aliphatic heterocycles. The van der Waals surface area contributed by atoms with Crippen molar-refractivity contribution in [3.8, 4) is 28.0 Å². The van der Waals surface area contributed by atoms with Crippen molar-refractivity contribution in [3.05, 3.63) is 99.7 Å². The highest BCUT2D eigenvalue weighted by Gasteiger charge is 2.11. The maximum Gasteiger partial charge on any atom is 0.307 e. The molecule has 182 valence electrons. The van der Waals surface area contributed by atoms with E-state index in [1.54, 1.807) is 24.3 Å². The second-order valence-electron chi connectivity index (χ2n) is 8.57. The van der Waals surface area contributed by atoms with Crippen LogP contribution in [0, 0.1) is 0 Å². The highest BCUT2D eigenvalue weighted by Crippen LogP contribution is 2.31. The molecule has 6 nitrogen and oxygen atoms in total. The molecule has 1 heterocycles. The fraction of sp³-hybridized carbons (Fsp3) is 0.138. The van der Waals surface area contributed by atoms with E-state index >= 15 is 0 Å². The number of rotatable bonds is 9. The molecule has 0 unspecified atom stereocenters. The molecule has 0 saturated carbocycles. The molecule has 0 saturated heterocycles. The van der Waals surface area contributed by atoms with E-state index in [0.29, 0.717) is 22.5 Å². The van der Waals surface area contributed by atoms with Gasteiger partial charge in [-0.15, -0.1) is 11.3 Å². The number of hydrogen-bond acceptors (Lipinski definition) is 5. The van der Waals surface area contributed by atoms with Crippen LogP contribution in [0.25, 0.3) is 22.3 Å². The van der Waals surface area contributed by atoms with E-state index in [1.807, 2.05) is 53.9 Å². The number of ketones is 1. The molecule has 0 spiro atoms. The third kappa shape index (κ3) is 6.25. The number of phenolic OH excluding ortho intramolecular Hbond substituents is 1. The Morgan fingerprint density at radius 3 is 2.00 bits per heavy atom. The highest BCUT2D eigenvalue weighted by molar-refractivity contribution is 7.12. The van der Waals surface area contributed by atoms with Crippen molar-refractivity contribution in [2.45, 2.75) is 26.3 Å². The number of carbonyl (C=O) groups is 3. The van der Waals surface area contributed by atoms with E-state index in [1.165, 1.54) is 18.3 Å². The van der Waals surface area contributed by atoms with E-state index < -0.39 is 5.97 Å². The van der Waals surface area contributed by atoms with Gasteiger partial charge < -0.3 is 15.5 Å². The topological polar surface area (TPSA) is 104 Å². The summed E-state index contributed by atoms with van der Waals surface area (Å²) in [5, 5.41) is 23.9. The molecule has 36 heavy (non-hydrogen) atoms. The second-order valence-corrected chi connectivity index (χ2v) is 9.48. The maximum atomic E-state index is 12.6. The van der Waals surface area contributed by atoms with Crippen LogP contribution in [0.1, 0.15) is 33.3 Å². The number of nitrogens with one attached hydrogen (secondary N) is 1. The van der Waals surface area contributed by atoms with Crippen LogP contribution in [0.4, 0.5) is 0 Å². The van der Waals surface area contributed by atoms with Gasteiger partial charge in [0.25, 0.3) is 5.91 Å². The van der Waals surface area contributed by atoms with Gasteiger partial charge in [-0.1, -0.05) is 60.7 Å². The van der Waals surface area contributed by atoms with Gasteiger partial charge in [0, 0.05) is 18.5 Å². The summed E-state index contributed by atoms with van der Waals surface area (Å²) in [6, 6.07) is 22.2. The Bertz CT molecular complexity index is 1400. The zero-order chi connectivity index (χ0) is 25.7. The lowest BCUT2D eigenvalue weighted by molar-refractivity contribution is -0.136. The predicted octanol–water partition coefficient (Wildman–Crippen LogP) is 5.48. The first kappa shape index (κ1) is 24.9. The Hall–Kier alpha value is -4.23. The van der Waals surface area contributed by atoms with Gasteiger partial charge in [0.1, 0.15) is 11.5 Å². The summed E-state index contributed by atoms with van der Waals surface area (Å²) >= 11 is 1.37. The standard InChI is InChI=1S/C29H25NO5S/c1-18(31)12-24-11-10-23(14-26(24)32)21-6-8-22(9-7-21)25-15-27(36-17-25)29(35)30-16-20-4-2-19(3-5-20)13-28(33)34/h2-11,14-15,17,32H,12-13,16H2,1H3,(H,30,35)(H,33,34). The number of phenols is 1. The number of aromatic hydroxyl groups is 1. The minimum atomic E-state index is -0.877. The number of thiophene rings is 1. The van der Waals surface area contributed by atoms with Gasteiger partial charge in [-0.05, 0) is 57.8 Å². The number of carboxylic acid groups (broad SMARTS) is 1. The zero-order valence-electron chi connectivity index (χ0n) is 19.7. The largest absolute Gasteiger partial charge is 0.508 e. The van der Waals surface area contributed by atoms with Gasteiger partial charge in [0.05, 0.1) is 11.3 Å². The van der Waals surface area contributed by atoms with E-state index in [9.17, 15) is 19.5 Å². The van der Waals surface area contributed by atoms with Crippen LogP contribution >= 0.6 is 11.3 Å². The van der Waals surface area contributed by atoms with Gasteiger partial charge in [-0.25, -0.2) is 0 Å². The normalized spacial score (nSPS) is 10.7. The van der Waals surface area contributed by atoms with Crippen molar-refractivity contribution in [3.63, 3.8) is 0 Å². The van der Waals surface area contributed by atoms with Crippen molar-refractivity contribution in [1.82, 2.24) is 5.32 Å². The molecule has 0 bridgehead atoms. The molecule has 7 heteroatoms. The maximum absolute atomic E-state index is 12.6. The quantitative estimate of drug-likeness (QED) is 0.283. The number of hydrogen-bond donors (Lipinski definition) is 3. The lowest BCUT2D eigenvalue weighted by atomic mass is 9.99. The fourth-order valence-electron chi connectivity index (χ4n) is 3.84. The van der Waals surface area contributed by atoms with Gasteiger partial charge in [-0.3, -0.25) is 14.4 Å². The number of benzene rings is 3. The van der Waals surface area contributed by atoms with Crippen LogP contribution in [0.15, 0.2) is 78.2 Å². The first-order valence-corrected chi connectivity index (χ1v) is 12.2. The van der Waals surface area contributed by atoms with Gasteiger partial charge in [-0.2, -0.15) is 0 Å². The highest BCUT2D eigenvalue weighted by atomic mass is 32.1. The lowest BCUT2D eigenvalue weighted by Crippen LogP contribution is -2.21. The molecule has 3 aromatic carbocycles. The molecule has 1 amide bonds. The molecule has 0 aliphatic carbocycles. The summed E-state index contributed by atoms with van der Waals surface area (Å²) in [6.07, 6.45) is 0.180. The van der Waals surface area contributed by atoms with Crippen molar-refractivity contribution in [2.75, 3.05) is 0 Å². The van der Waals surface area contributed by atoms with Gasteiger partial charge in [0.2, 0.25) is 0 Å². The molecule has 4 aromatic rings. The minimum Gasteiger partial charge on any atom is -0.508 e. The first-order valence-electron chi connectivity index (χ1n) is 11.4. The third-order valence-corrected chi connectivity index (χ3v) is 6.66. The molecular formula is C29H25NO5S. The monoisotopic (exact) mass is 499 g/mol. The van der Waals surface area contributed by atoms with Gasteiger partial charge >= 0.3 is 5.97 Å². The Balaban J connectivity index is 1.39. The summed E-state index contributed by atoms with van der Waals surface area (Å²) in [5.41, 5.74) is 5.93. The summed E-state index contributed by atoms with van der Waals surface area (Å²) < 4.78 is 0. The molecule has 0 fully saturated rings. The number of aliphatic carboxylic acids is 1. The summed E-state index contributed by atoms with van der Waals surface area (Å²) in [7, 11) is 0. The molecule has 0 aliphatic rings. The van der Waals surface area contributed by atoms with E-state index in [4.69, 9.17) is 5.11 Å². The molecular weight excluding hydrogens is 474 g/mol. The average Bonchev–Trinajstić information content (AvgIpc) is 3.35. The first-order chi connectivity index (χ1) is 17.3. The van der Waals surface area contributed by atoms with E-state index in [0.717, 1.165) is 27.8 Å². The Labute approximate surface area is 212 Å². The van der Waals surface area contributed by atoms with Crippen molar-refractivity contribution in [2.24, 2.45) is 0 Å². The van der Waals surface area contributed by atoms with Crippen LogP contribution in [0.5, 0.6) is 5.75 Å². The zero-order valence-corrected chi connectivity index (χ0v) is 20.5. The molecule has 0 atom stereocenters. The second kappa shape index (κ2) is 11.0. The summed E-state index contributed by atoms with van der Waals surface area (Å²) in [4.78, 5) is 35.3. The van der Waals surface area contributed by atoms with Crippen molar-refractivity contribution in [1.29, 1.82) is 0 Å². The Morgan fingerprint density at radius 2 is 1.39 bits per heavy atom. The Kier molecular flexibility index (Phi) is 7.61. The minimum absolute atomic E-state index is 0.00199. The third-order valence-electron chi connectivity index (χ3n) is 5.73. The van der Waals surface area contributed by atoms with Crippen LogP contribution in [-0.4, -0.2) is 27.9 Å². The Morgan fingerprint density at radius 1 is 0.778 bits per heavy atom. The average molecular weight is 500 g/mol. The number of Topliss-reactive ketones (excluding diaryl/α,β-unsaturated/α-hetero) is 1. The predicted molar refractivity (Wildman–Crippen MR) is 140 cm³/mol. The molecule has 3 N–H and O–H groups in total. The van der Waals surface area contributed by atoms with Crippen LogP contribution in [0.3, 0.4) is 0 Å². The molecule has 0 radical (unpaired) electrons. The molecule has 4 rings (SSSR count). The van der Waals surface area contributed by atoms with Crippen LogP contribution < -0.4 is 5.32 Å². The number of amides is 1. The summed E-state index contributed by atoms with van der Waals surface area (Å²) in [5.74, 6) is -0.939. The van der Waals surface area contributed by atoms with Crippen LogP contribution in [0.2, 0.25) is 0 Å². The van der Waals surface area contributed by atoms with E-state index in [2.05, 4.69) is 5.32 Å². The number of carboxylic acids is 1. The van der Waals surface area contributed by atoms with Crippen LogP contribution in [-0.2, 0) is 29.0 Å².